The molecule has 2 heterocycles. The highest BCUT2D eigenvalue weighted by Gasteiger charge is 2.29. The van der Waals surface area contributed by atoms with Gasteiger partial charge in [0.15, 0.2) is 0 Å². The molecule has 1 fully saturated rings. The van der Waals surface area contributed by atoms with Crippen molar-refractivity contribution in [3.8, 4) is 0 Å². The van der Waals surface area contributed by atoms with Gasteiger partial charge in [0.25, 0.3) is 5.91 Å². The lowest BCUT2D eigenvalue weighted by atomic mass is 9.87. The molecule has 4 nitrogen and oxygen atoms in total. The van der Waals surface area contributed by atoms with E-state index in [-0.39, 0.29) is 5.91 Å². The summed E-state index contributed by atoms with van der Waals surface area (Å²) in [6.45, 7) is 7.17. The molecule has 1 saturated heterocycles. The average molecular weight is 284 g/mol. The molecule has 0 radical (unpaired) electrons. The largest absolute Gasteiger partial charge is 0.342 e. The van der Waals surface area contributed by atoms with Gasteiger partial charge in [0.1, 0.15) is 5.69 Å². The Kier molecular flexibility index (Phi) is 4.53. The van der Waals surface area contributed by atoms with Crippen molar-refractivity contribution in [2.75, 3.05) is 19.6 Å². The first-order chi connectivity index (χ1) is 9.06. The quantitative estimate of drug-likeness (QED) is 0.925. The first-order valence-electron chi connectivity index (χ1n) is 6.91. The molecule has 1 amide bonds. The predicted molar refractivity (Wildman–Crippen MR) is 77.3 cm³/mol. The molecule has 1 aromatic rings. The van der Waals surface area contributed by atoms with Crippen LogP contribution in [0.25, 0.3) is 0 Å². The number of piperidine rings is 1. The summed E-state index contributed by atoms with van der Waals surface area (Å²) in [6, 6.07) is 1.75. The van der Waals surface area contributed by atoms with E-state index in [0.717, 1.165) is 26.1 Å². The molecular weight excluding hydrogens is 262 g/mol. The summed E-state index contributed by atoms with van der Waals surface area (Å²) in [7, 11) is 0. The molecule has 2 atom stereocenters. The third-order valence-electron chi connectivity index (χ3n) is 4.13. The van der Waals surface area contributed by atoms with Crippen LogP contribution in [0.3, 0.4) is 0 Å². The number of aromatic nitrogens is 1. The predicted octanol–water partition coefficient (Wildman–Crippen LogP) is 2.22. The van der Waals surface area contributed by atoms with Gasteiger partial charge in [-0.2, -0.15) is 0 Å². The standard InChI is InChI=1S/C14H22ClN3O/c1-3-17-9-12(15)6-13(17)14(19)18-5-4-10(2)11(7-16)8-18/h6,9-11H,3-5,7-8,16H2,1-2H3. The number of nitrogens with two attached hydrogens (primary N) is 1. The molecule has 106 valence electrons. The minimum Gasteiger partial charge on any atom is -0.342 e. The summed E-state index contributed by atoms with van der Waals surface area (Å²) in [5.74, 6) is 1.06. The number of likely N-dealkylation sites (tertiary alicyclic amines) is 1. The zero-order valence-corrected chi connectivity index (χ0v) is 12.4. The van der Waals surface area contributed by atoms with Crippen LogP contribution >= 0.6 is 11.6 Å². The maximum atomic E-state index is 12.6. The molecule has 2 unspecified atom stereocenters. The van der Waals surface area contributed by atoms with Crippen molar-refractivity contribution < 1.29 is 4.79 Å². The SMILES string of the molecule is CCn1cc(Cl)cc1C(=O)N1CCC(C)C(CN)C1. The lowest BCUT2D eigenvalue weighted by Crippen LogP contribution is -2.45. The number of hydrogen-bond donors (Lipinski definition) is 1. The highest BCUT2D eigenvalue weighted by molar-refractivity contribution is 6.31. The second kappa shape index (κ2) is 5.97. The van der Waals surface area contributed by atoms with Crippen LogP contribution in [-0.4, -0.2) is 35.0 Å². The fourth-order valence-electron chi connectivity index (χ4n) is 2.72. The van der Waals surface area contributed by atoms with E-state index in [1.165, 1.54) is 0 Å². The van der Waals surface area contributed by atoms with Crippen molar-refractivity contribution in [2.45, 2.75) is 26.8 Å². The maximum Gasteiger partial charge on any atom is 0.270 e. The van der Waals surface area contributed by atoms with Crippen LogP contribution in [0.15, 0.2) is 12.3 Å². The Hall–Kier alpha value is -1.00. The fourth-order valence-corrected chi connectivity index (χ4v) is 2.94. The minimum atomic E-state index is 0.0686. The summed E-state index contributed by atoms with van der Waals surface area (Å²) in [6.07, 6.45) is 2.83. The number of nitrogens with zero attached hydrogens (tertiary/aromatic N) is 2. The van der Waals surface area contributed by atoms with Crippen LogP contribution in [0.2, 0.25) is 5.02 Å². The smallest absolute Gasteiger partial charge is 0.270 e. The van der Waals surface area contributed by atoms with Gasteiger partial charge in [0, 0.05) is 25.8 Å². The van der Waals surface area contributed by atoms with Crippen molar-refractivity contribution in [2.24, 2.45) is 17.6 Å². The van der Waals surface area contributed by atoms with Crippen LogP contribution in [0.4, 0.5) is 0 Å². The van der Waals surface area contributed by atoms with E-state index >= 15 is 0 Å². The van der Waals surface area contributed by atoms with E-state index < -0.39 is 0 Å². The lowest BCUT2D eigenvalue weighted by molar-refractivity contribution is 0.0608. The first kappa shape index (κ1) is 14.4. The molecule has 0 aliphatic carbocycles. The van der Waals surface area contributed by atoms with Gasteiger partial charge in [-0.05, 0) is 37.8 Å². The second-order valence-electron chi connectivity index (χ2n) is 5.34. The molecule has 1 aliphatic heterocycles. The first-order valence-corrected chi connectivity index (χ1v) is 7.29. The van der Waals surface area contributed by atoms with Crippen molar-refractivity contribution in [3.63, 3.8) is 0 Å². The van der Waals surface area contributed by atoms with E-state index in [2.05, 4.69) is 6.92 Å². The summed E-state index contributed by atoms with van der Waals surface area (Å²) >= 11 is 5.99. The van der Waals surface area contributed by atoms with Crippen molar-refractivity contribution in [1.29, 1.82) is 0 Å². The molecule has 1 aliphatic rings. The Morgan fingerprint density at radius 1 is 1.58 bits per heavy atom. The normalized spacial score (nSPS) is 23.7. The molecule has 2 rings (SSSR count). The second-order valence-corrected chi connectivity index (χ2v) is 5.78. The average Bonchev–Trinajstić information content (AvgIpc) is 2.79. The van der Waals surface area contributed by atoms with Crippen molar-refractivity contribution in [1.82, 2.24) is 9.47 Å². The Balaban J connectivity index is 2.15. The third-order valence-corrected chi connectivity index (χ3v) is 4.33. The fraction of sp³-hybridized carbons (Fsp3) is 0.643. The zero-order valence-electron chi connectivity index (χ0n) is 11.6. The molecule has 2 N–H and O–H groups in total. The van der Waals surface area contributed by atoms with Crippen molar-refractivity contribution in [3.05, 3.63) is 23.0 Å². The number of hydrogen-bond acceptors (Lipinski definition) is 2. The molecule has 0 bridgehead atoms. The molecule has 5 heteroatoms. The van der Waals surface area contributed by atoms with Crippen molar-refractivity contribution >= 4 is 17.5 Å². The summed E-state index contributed by atoms with van der Waals surface area (Å²) in [4.78, 5) is 14.5. The minimum absolute atomic E-state index is 0.0686. The van der Waals surface area contributed by atoms with Gasteiger partial charge >= 0.3 is 0 Å². The number of carbonyl (C=O) groups is 1. The number of aryl methyl sites for hydroxylation is 1. The zero-order chi connectivity index (χ0) is 14.0. The van der Waals surface area contributed by atoms with Gasteiger partial charge in [-0.25, -0.2) is 0 Å². The number of rotatable bonds is 3. The van der Waals surface area contributed by atoms with Gasteiger partial charge in [-0.15, -0.1) is 0 Å². The van der Waals surface area contributed by atoms with E-state index in [1.54, 1.807) is 6.07 Å². The van der Waals surface area contributed by atoms with Crippen LogP contribution < -0.4 is 5.73 Å². The van der Waals surface area contributed by atoms with Crippen LogP contribution in [0, 0.1) is 11.8 Å². The van der Waals surface area contributed by atoms with E-state index in [4.69, 9.17) is 17.3 Å². The number of halogens is 1. The van der Waals surface area contributed by atoms with E-state index in [9.17, 15) is 4.79 Å². The molecule has 19 heavy (non-hydrogen) atoms. The summed E-state index contributed by atoms with van der Waals surface area (Å²) < 4.78 is 1.90. The van der Waals surface area contributed by atoms with Gasteiger partial charge in [-0.3, -0.25) is 4.79 Å². The summed E-state index contributed by atoms with van der Waals surface area (Å²) in [5, 5.41) is 0.617. The van der Waals surface area contributed by atoms with Gasteiger partial charge < -0.3 is 15.2 Å². The Bertz CT molecular complexity index is 458. The highest BCUT2D eigenvalue weighted by atomic mass is 35.5. The Labute approximate surface area is 119 Å². The van der Waals surface area contributed by atoms with E-state index in [1.807, 2.05) is 22.6 Å². The van der Waals surface area contributed by atoms with Crippen LogP contribution in [0.5, 0.6) is 0 Å². The van der Waals surface area contributed by atoms with Gasteiger partial charge in [0.05, 0.1) is 5.02 Å². The van der Waals surface area contributed by atoms with Crippen LogP contribution in [-0.2, 0) is 6.54 Å². The Morgan fingerprint density at radius 3 is 2.95 bits per heavy atom. The highest BCUT2D eigenvalue weighted by Crippen LogP contribution is 2.24. The van der Waals surface area contributed by atoms with E-state index in [0.29, 0.717) is 29.1 Å². The monoisotopic (exact) mass is 283 g/mol. The summed E-state index contributed by atoms with van der Waals surface area (Å²) in [5.41, 5.74) is 6.47. The molecular formula is C14H22ClN3O. The maximum absolute atomic E-state index is 12.6. The third kappa shape index (κ3) is 2.95. The topological polar surface area (TPSA) is 51.3 Å². The molecule has 0 saturated carbocycles. The van der Waals surface area contributed by atoms with Crippen LogP contribution in [0.1, 0.15) is 30.8 Å². The lowest BCUT2D eigenvalue weighted by Gasteiger charge is -2.36. The van der Waals surface area contributed by atoms with Gasteiger partial charge in [-0.1, -0.05) is 18.5 Å². The number of carbonyl (C=O) groups excluding carboxylic acids is 1. The molecule has 0 aromatic carbocycles. The molecule has 1 aromatic heterocycles. The Morgan fingerprint density at radius 2 is 2.32 bits per heavy atom. The van der Waals surface area contributed by atoms with Gasteiger partial charge in [0.2, 0.25) is 0 Å². The number of amides is 1. The molecule has 0 spiro atoms.